The number of halogens is 2. The third kappa shape index (κ3) is 1.24. The second-order valence-electron chi connectivity index (χ2n) is 2.24. The van der Waals surface area contributed by atoms with Gasteiger partial charge in [0.1, 0.15) is 5.82 Å². The predicted molar refractivity (Wildman–Crippen MR) is 42.2 cm³/mol. The highest BCUT2D eigenvalue weighted by molar-refractivity contribution is 6.33. The van der Waals surface area contributed by atoms with Gasteiger partial charge in [-0.15, -0.1) is 0 Å². The lowest BCUT2D eigenvalue weighted by atomic mass is 10.2. The zero-order valence-corrected chi connectivity index (χ0v) is 6.61. The third-order valence-corrected chi connectivity index (χ3v) is 1.91. The Morgan fingerprint density at radius 2 is 2.18 bits per heavy atom. The van der Waals surface area contributed by atoms with Crippen molar-refractivity contribution in [2.75, 3.05) is 5.73 Å². The van der Waals surface area contributed by atoms with E-state index in [4.69, 9.17) is 22.4 Å². The Morgan fingerprint density at radius 1 is 1.64 bits per heavy atom. The fraction of sp³-hybridized carbons (Fsp3) is 0.143. The van der Waals surface area contributed by atoms with Crippen LogP contribution in [0, 0.1) is 12.7 Å². The summed E-state index contributed by atoms with van der Waals surface area (Å²) in [7, 11) is 0. The Morgan fingerprint density at radius 3 is 2.73 bits per heavy atom. The molecule has 0 saturated heterocycles. The smallest absolute Gasteiger partial charge is 0.157 e. The summed E-state index contributed by atoms with van der Waals surface area (Å²) in [6.45, 7) is 1.47. The molecule has 60 valence electrons. The number of phenols is 1. The van der Waals surface area contributed by atoms with Gasteiger partial charge in [-0.1, -0.05) is 11.6 Å². The molecule has 0 atom stereocenters. The Bertz CT molecular complexity index is 275. The Hall–Kier alpha value is -0.960. The highest BCUT2D eigenvalue weighted by Gasteiger charge is 2.10. The van der Waals surface area contributed by atoms with Gasteiger partial charge in [-0.05, 0) is 6.92 Å². The van der Waals surface area contributed by atoms with Gasteiger partial charge in [0, 0.05) is 11.6 Å². The van der Waals surface area contributed by atoms with E-state index in [1.807, 2.05) is 0 Å². The van der Waals surface area contributed by atoms with Gasteiger partial charge in [-0.25, -0.2) is 4.39 Å². The number of phenolic OH excluding ortho intramolecular Hbond substituents is 1. The van der Waals surface area contributed by atoms with Crippen molar-refractivity contribution < 1.29 is 9.50 Å². The minimum atomic E-state index is -0.509. The minimum Gasteiger partial charge on any atom is -0.504 e. The molecule has 0 bridgehead atoms. The first-order valence-electron chi connectivity index (χ1n) is 2.97. The van der Waals surface area contributed by atoms with Gasteiger partial charge in [0.05, 0.1) is 10.7 Å². The van der Waals surface area contributed by atoms with E-state index in [0.717, 1.165) is 6.07 Å². The van der Waals surface area contributed by atoms with Crippen molar-refractivity contribution in [3.8, 4) is 5.75 Å². The number of hydrogen-bond acceptors (Lipinski definition) is 2. The number of nitrogen functional groups attached to an aromatic ring is 1. The topological polar surface area (TPSA) is 46.2 Å². The first-order valence-corrected chi connectivity index (χ1v) is 3.35. The van der Waals surface area contributed by atoms with E-state index < -0.39 is 5.82 Å². The van der Waals surface area contributed by atoms with Crippen LogP contribution in [0.1, 0.15) is 5.56 Å². The van der Waals surface area contributed by atoms with Gasteiger partial charge in [0.15, 0.2) is 5.75 Å². The van der Waals surface area contributed by atoms with Gasteiger partial charge in [-0.2, -0.15) is 0 Å². The molecule has 2 nitrogen and oxygen atoms in total. The van der Waals surface area contributed by atoms with Crippen molar-refractivity contribution in [1.29, 1.82) is 0 Å². The molecule has 4 heteroatoms. The van der Waals surface area contributed by atoms with Crippen molar-refractivity contribution in [3.05, 3.63) is 22.5 Å². The highest BCUT2D eigenvalue weighted by atomic mass is 35.5. The largest absolute Gasteiger partial charge is 0.504 e. The van der Waals surface area contributed by atoms with Crippen LogP contribution < -0.4 is 5.73 Å². The average Bonchev–Trinajstić information content (AvgIpc) is 1.97. The number of anilines is 1. The summed E-state index contributed by atoms with van der Waals surface area (Å²) in [6.07, 6.45) is 0. The lowest BCUT2D eigenvalue weighted by molar-refractivity contribution is 0.475. The molecule has 11 heavy (non-hydrogen) atoms. The van der Waals surface area contributed by atoms with Gasteiger partial charge in [0.2, 0.25) is 0 Å². The van der Waals surface area contributed by atoms with Gasteiger partial charge >= 0.3 is 0 Å². The van der Waals surface area contributed by atoms with Crippen molar-refractivity contribution in [2.45, 2.75) is 6.92 Å². The van der Waals surface area contributed by atoms with E-state index in [-0.39, 0.29) is 22.0 Å². The van der Waals surface area contributed by atoms with E-state index >= 15 is 0 Å². The molecular formula is C7H7ClFNO. The Balaban J connectivity index is 3.46. The molecule has 0 heterocycles. The minimum absolute atomic E-state index is 0.0255. The molecule has 1 aromatic rings. The summed E-state index contributed by atoms with van der Waals surface area (Å²) in [5.74, 6) is -0.768. The summed E-state index contributed by atoms with van der Waals surface area (Å²) in [5, 5.41) is 9.06. The van der Waals surface area contributed by atoms with Crippen LogP contribution in [0.15, 0.2) is 6.07 Å². The second kappa shape index (κ2) is 2.58. The van der Waals surface area contributed by atoms with Crippen molar-refractivity contribution in [1.82, 2.24) is 0 Å². The summed E-state index contributed by atoms with van der Waals surface area (Å²) in [6, 6.07) is 1.04. The van der Waals surface area contributed by atoms with Crippen LogP contribution in [0.5, 0.6) is 5.75 Å². The standard InChI is InChI=1S/C7H7ClFNO/c1-3-4(9)2-5(10)7(11)6(3)8/h2,11H,10H2,1H3. The number of hydrogen-bond donors (Lipinski definition) is 2. The monoisotopic (exact) mass is 175 g/mol. The number of benzene rings is 1. The number of nitrogens with two attached hydrogens (primary N) is 1. The lowest BCUT2D eigenvalue weighted by Gasteiger charge is -2.04. The third-order valence-electron chi connectivity index (χ3n) is 1.45. The molecule has 0 aromatic heterocycles. The summed E-state index contributed by atoms with van der Waals surface area (Å²) < 4.78 is 12.7. The average molecular weight is 176 g/mol. The molecule has 1 aromatic carbocycles. The molecular weight excluding hydrogens is 169 g/mol. The second-order valence-corrected chi connectivity index (χ2v) is 2.61. The van der Waals surface area contributed by atoms with Crippen LogP contribution in [0.3, 0.4) is 0 Å². The molecule has 0 saturated carbocycles. The quantitative estimate of drug-likeness (QED) is 0.469. The summed E-state index contributed by atoms with van der Waals surface area (Å²) in [4.78, 5) is 0. The molecule has 1 rings (SSSR count). The normalized spacial score (nSPS) is 10.1. The van der Waals surface area contributed by atoms with Crippen LogP contribution in [-0.2, 0) is 0 Å². The van der Waals surface area contributed by atoms with Crippen molar-refractivity contribution in [3.63, 3.8) is 0 Å². The molecule has 0 unspecified atom stereocenters. The Labute approximate surface area is 68.4 Å². The van der Waals surface area contributed by atoms with E-state index in [2.05, 4.69) is 0 Å². The van der Waals surface area contributed by atoms with Gasteiger partial charge in [0.25, 0.3) is 0 Å². The van der Waals surface area contributed by atoms with Crippen LogP contribution in [0.25, 0.3) is 0 Å². The first-order chi connectivity index (χ1) is 5.04. The molecule has 0 aliphatic carbocycles. The van der Waals surface area contributed by atoms with Gasteiger partial charge in [-0.3, -0.25) is 0 Å². The van der Waals surface area contributed by atoms with Crippen LogP contribution in [0.2, 0.25) is 5.02 Å². The van der Waals surface area contributed by atoms with E-state index in [1.165, 1.54) is 6.92 Å². The molecule has 0 aliphatic heterocycles. The molecule has 0 amide bonds. The maximum Gasteiger partial charge on any atom is 0.157 e. The maximum atomic E-state index is 12.7. The van der Waals surface area contributed by atoms with Crippen LogP contribution >= 0.6 is 11.6 Å². The number of aromatic hydroxyl groups is 1. The zero-order chi connectivity index (χ0) is 8.59. The molecule has 3 N–H and O–H groups in total. The SMILES string of the molecule is Cc1c(F)cc(N)c(O)c1Cl. The predicted octanol–water partition coefficient (Wildman–Crippen LogP) is 2.08. The fourth-order valence-corrected chi connectivity index (χ4v) is 0.922. The number of rotatable bonds is 0. The first kappa shape index (κ1) is 8.14. The van der Waals surface area contributed by atoms with E-state index in [9.17, 15) is 4.39 Å². The zero-order valence-electron chi connectivity index (χ0n) is 5.86. The van der Waals surface area contributed by atoms with Crippen molar-refractivity contribution in [2.24, 2.45) is 0 Å². The molecule has 0 radical (unpaired) electrons. The molecule has 0 spiro atoms. The summed E-state index contributed by atoms with van der Waals surface area (Å²) in [5.41, 5.74) is 5.38. The molecule has 0 fully saturated rings. The van der Waals surface area contributed by atoms with Gasteiger partial charge < -0.3 is 10.8 Å². The van der Waals surface area contributed by atoms with Crippen molar-refractivity contribution >= 4 is 17.3 Å². The van der Waals surface area contributed by atoms with E-state index in [0.29, 0.717) is 0 Å². The lowest BCUT2D eigenvalue weighted by Crippen LogP contribution is -1.91. The summed E-state index contributed by atoms with van der Waals surface area (Å²) >= 11 is 5.52. The maximum absolute atomic E-state index is 12.7. The fourth-order valence-electron chi connectivity index (χ4n) is 0.722. The van der Waals surface area contributed by atoms with Crippen LogP contribution in [-0.4, -0.2) is 5.11 Å². The van der Waals surface area contributed by atoms with E-state index in [1.54, 1.807) is 0 Å². The Kier molecular flexibility index (Phi) is 1.91. The highest BCUT2D eigenvalue weighted by Crippen LogP contribution is 2.33. The van der Waals surface area contributed by atoms with Crippen LogP contribution in [0.4, 0.5) is 10.1 Å². The molecule has 0 aliphatic rings.